The van der Waals surface area contributed by atoms with E-state index in [0.717, 1.165) is 18.2 Å². The third-order valence-electron chi connectivity index (χ3n) is 3.98. The number of esters is 2. The monoisotopic (exact) mass is 576 g/mol. The van der Waals surface area contributed by atoms with E-state index < -0.39 is 23.3 Å². The summed E-state index contributed by atoms with van der Waals surface area (Å²) in [6.07, 6.45) is 4.40. The second-order valence-electron chi connectivity index (χ2n) is 7.49. The van der Waals surface area contributed by atoms with Gasteiger partial charge < -0.3 is 40.1 Å². The molecular weight excluding hydrogens is 532 g/mol. The van der Waals surface area contributed by atoms with Crippen LogP contribution in [0.15, 0.2) is 62.3 Å². The number of carbonyl (C=O) groups excluding carboxylic acids is 2. The second kappa shape index (κ2) is 31.1. The molecule has 0 fully saturated rings. The van der Waals surface area contributed by atoms with Crippen LogP contribution in [0.1, 0.15) is 40.0 Å². The summed E-state index contributed by atoms with van der Waals surface area (Å²) in [5.41, 5.74) is 0.0995. The number of unbranched alkanes of at least 4 members (excludes halogenated alkanes) is 1. The van der Waals surface area contributed by atoms with Crippen molar-refractivity contribution in [3.05, 3.63) is 62.3 Å². The van der Waals surface area contributed by atoms with Crippen molar-refractivity contribution in [2.24, 2.45) is 5.41 Å². The lowest BCUT2D eigenvalue weighted by atomic mass is 9.88. The number of aliphatic hydroxyl groups is 3. The highest BCUT2D eigenvalue weighted by atomic mass is 16.5. The van der Waals surface area contributed by atoms with Gasteiger partial charge in [0.2, 0.25) is 0 Å². The highest BCUT2D eigenvalue weighted by Gasteiger charge is 2.24. The van der Waals surface area contributed by atoms with Gasteiger partial charge in [0.05, 0.1) is 33.0 Å². The van der Waals surface area contributed by atoms with Crippen molar-refractivity contribution in [3.63, 3.8) is 0 Å². The first-order valence-electron chi connectivity index (χ1n) is 11.5. The molecule has 0 aliphatic rings. The lowest BCUT2D eigenvalue weighted by molar-refractivity contribution is -0.141. The van der Waals surface area contributed by atoms with Gasteiger partial charge in [-0.25, -0.2) is 24.0 Å². The van der Waals surface area contributed by atoms with Gasteiger partial charge in [0.1, 0.15) is 0 Å². The van der Waals surface area contributed by atoms with Crippen LogP contribution in [0.25, 0.3) is 0 Å². The van der Waals surface area contributed by atoms with E-state index in [2.05, 4.69) is 32.9 Å². The van der Waals surface area contributed by atoms with Gasteiger partial charge in [0, 0.05) is 34.8 Å². The average molecular weight is 577 g/mol. The molecule has 230 valence electrons. The van der Waals surface area contributed by atoms with Gasteiger partial charge in [0.25, 0.3) is 0 Å². The number of ether oxygens (including phenoxy) is 2. The van der Waals surface area contributed by atoms with Crippen molar-refractivity contribution in [1.29, 1.82) is 0 Å². The third-order valence-corrected chi connectivity index (χ3v) is 3.98. The minimum Gasteiger partial charge on any atom is -0.478 e. The fourth-order valence-corrected chi connectivity index (χ4v) is 1.27. The standard InChI is InChI=1S/C12H18O4.C6H14O3.3C3H4O2/c1-9(2)11(13)15-7-5-6-8-16-12(14)10(3)4;1-2-6(3-7,4-8)5-9;3*1-2-3(4)5/h1,3,5-8H2,2,4H3;7-9H,2-5H2,1H3;3*2H,1H2,(H,4,5). The molecule has 0 atom stereocenters. The summed E-state index contributed by atoms with van der Waals surface area (Å²) in [6, 6.07) is 0. The largest absolute Gasteiger partial charge is 0.478 e. The molecule has 0 bridgehead atoms. The van der Waals surface area contributed by atoms with E-state index in [1.54, 1.807) is 13.8 Å². The van der Waals surface area contributed by atoms with Crippen LogP contribution < -0.4 is 0 Å². The van der Waals surface area contributed by atoms with Gasteiger partial charge in [0.15, 0.2) is 0 Å². The molecule has 0 aromatic carbocycles. The van der Waals surface area contributed by atoms with Gasteiger partial charge in [-0.05, 0) is 33.1 Å². The van der Waals surface area contributed by atoms with Crippen LogP contribution in [-0.4, -0.2) is 93.5 Å². The number of hydrogen-bond donors (Lipinski definition) is 6. The maximum absolute atomic E-state index is 11.0. The lowest BCUT2D eigenvalue weighted by Crippen LogP contribution is -2.32. The first-order valence-corrected chi connectivity index (χ1v) is 11.5. The van der Waals surface area contributed by atoms with Gasteiger partial charge >= 0.3 is 29.8 Å². The zero-order chi connectivity index (χ0) is 32.7. The van der Waals surface area contributed by atoms with Crippen LogP contribution >= 0.6 is 0 Å². The van der Waals surface area contributed by atoms with Gasteiger partial charge in [-0.3, -0.25) is 0 Å². The van der Waals surface area contributed by atoms with Gasteiger partial charge in [-0.2, -0.15) is 0 Å². The van der Waals surface area contributed by atoms with Gasteiger partial charge in [-0.1, -0.05) is 39.8 Å². The Morgan fingerprint density at radius 1 is 0.650 bits per heavy atom. The second-order valence-corrected chi connectivity index (χ2v) is 7.49. The van der Waals surface area contributed by atoms with Crippen LogP contribution in [0.2, 0.25) is 0 Å². The first-order chi connectivity index (χ1) is 18.5. The molecule has 0 heterocycles. The Kier molecular flexibility index (Phi) is 35.7. The minimum absolute atomic E-state index is 0.156. The summed E-state index contributed by atoms with van der Waals surface area (Å²) < 4.78 is 9.72. The molecule has 0 rings (SSSR count). The summed E-state index contributed by atoms with van der Waals surface area (Å²) in [5.74, 6) is -3.72. The normalized spacial score (nSPS) is 8.85. The molecule has 13 nitrogen and oxygen atoms in total. The molecule has 13 heteroatoms. The number of rotatable bonds is 14. The number of aliphatic carboxylic acids is 3. The Bertz CT molecular complexity index is 719. The molecule has 0 aromatic heterocycles. The predicted molar refractivity (Wildman–Crippen MR) is 148 cm³/mol. The Morgan fingerprint density at radius 2 is 0.875 bits per heavy atom. The molecule has 6 N–H and O–H groups in total. The van der Waals surface area contributed by atoms with E-state index in [9.17, 15) is 24.0 Å². The fraction of sp³-hybridized carbons (Fsp3) is 0.444. The lowest BCUT2D eigenvalue weighted by Gasteiger charge is -2.24. The predicted octanol–water partition coefficient (Wildman–Crippen LogP) is 2.14. The summed E-state index contributed by atoms with van der Waals surface area (Å²) in [7, 11) is 0. The highest BCUT2D eigenvalue weighted by Crippen LogP contribution is 2.18. The van der Waals surface area contributed by atoms with Crippen LogP contribution in [0.3, 0.4) is 0 Å². The number of carbonyl (C=O) groups is 5. The molecule has 0 unspecified atom stereocenters. The van der Waals surface area contributed by atoms with Crippen LogP contribution in [0.5, 0.6) is 0 Å². The highest BCUT2D eigenvalue weighted by molar-refractivity contribution is 5.87. The van der Waals surface area contributed by atoms with Crippen molar-refractivity contribution in [2.45, 2.75) is 40.0 Å². The van der Waals surface area contributed by atoms with E-state index in [-0.39, 0.29) is 31.8 Å². The third kappa shape index (κ3) is 38.5. The molecule has 0 aromatic rings. The molecule has 40 heavy (non-hydrogen) atoms. The zero-order valence-electron chi connectivity index (χ0n) is 23.5. The van der Waals surface area contributed by atoms with Crippen molar-refractivity contribution in [1.82, 2.24) is 0 Å². The number of hydrogen-bond acceptors (Lipinski definition) is 10. The smallest absolute Gasteiger partial charge is 0.333 e. The summed E-state index contributed by atoms with van der Waals surface area (Å²) in [5, 5.41) is 48.8. The average Bonchev–Trinajstić information content (AvgIpc) is 2.93. The first kappa shape index (κ1) is 45.8. The van der Waals surface area contributed by atoms with Gasteiger partial charge in [-0.15, -0.1) is 0 Å². The van der Waals surface area contributed by atoms with Crippen molar-refractivity contribution in [3.8, 4) is 0 Å². The molecule has 0 saturated heterocycles. The zero-order valence-corrected chi connectivity index (χ0v) is 23.5. The van der Waals surface area contributed by atoms with E-state index in [0.29, 0.717) is 43.6 Å². The number of carboxylic acids is 3. The molecule has 0 aliphatic heterocycles. The Hall–Kier alpha value is -4.07. The summed E-state index contributed by atoms with van der Waals surface area (Å²) >= 11 is 0. The molecule has 0 aliphatic carbocycles. The Morgan fingerprint density at radius 3 is 0.975 bits per heavy atom. The van der Waals surface area contributed by atoms with Crippen molar-refractivity contribution < 1.29 is 64.1 Å². The number of carboxylic acid groups (broad SMARTS) is 3. The van der Waals surface area contributed by atoms with E-state index in [1.807, 2.05) is 6.92 Å². The molecule has 0 amide bonds. The van der Waals surface area contributed by atoms with Crippen LogP contribution in [0.4, 0.5) is 0 Å². The fourth-order valence-electron chi connectivity index (χ4n) is 1.27. The summed E-state index contributed by atoms with van der Waals surface area (Å²) in [4.78, 5) is 49.7. The van der Waals surface area contributed by atoms with Crippen LogP contribution in [0, 0.1) is 5.41 Å². The van der Waals surface area contributed by atoms with Crippen molar-refractivity contribution >= 4 is 29.8 Å². The van der Waals surface area contributed by atoms with Crippen LogP contribution in [-0.2, 0) is 33.4 Å². The van der Waals surface area contributed by atoms with Crippen molar-refractivity contribution in [2.75, 3.05) is 33.0 Å². The maximum Gasteiger partial charge on any atom is 0.333 e. The Labute approximate surface area is 235 Å². The topological polar surface area (TPSA) is 225 Å². The van der Waals surface area contributed by atoms with E-state index >= 15 is 0 Å². The molecular formula is C27H44O13. The molecule has 0 radical (unpaired) electrons. The Balaban J connectivity index is -0.000000143. The SMILES string of the molecule is C=C(C)C(=O)OCCCCOC(=O)C(=C)C.C=CC(=O)O.C=CC(=O)O.C=CC(=O)O.CCC(CO)(CO)CO. The molecule has 0 saturated carbocycles. The van der Waals surface area contributed by atoms with E-state index in [1.165, 1.54) is 0 Å². The molecule has 0 spiro atoms. The number of aliphatic hydroxyl groups excluding tert-OH is 3. The van der Waals surface area contributed by atoms with E-state index in [4.69, 9.17) is 40.1 Å². The maximum atomic E-state index is 11.0. The summed E-state index contributed by atoms with van der Waals surface area (Å²) in [6.45, 7) is 21.0. The quantitative estimate of drug-likeness (QED) is 0.0991. The minimum atomic E-state index is -0.981.